The van der Waals surface area contributed by atoms with Crippen molar-refractivity contribution < 1.29 is 41.3 Å². The fourth-order valence-electron chi connectivity index (χ4n) is 1.87. The van der Waals surface area contributed by atoms with Crippen molar-refractivity contribution in [1.29, 1.82) is 0 Å². The van der Waals surface area contributed by atoms with Crippen LogP contribution in [0.3, 0.4) is 0 Å². The lowest BCUT2D eigenvalue weighted by Crippen LogP contribution is -2.53. The average molecular weight is 336 g/mol. The van der Waals surface area contributed by atoms with Gasteiger partial charge in [0.15, 0.2) is 1.41 Å². The van der Waals surface area contributed by atoms with Gasteiger partial charge in [-0.2, -0.15) is 0 Å². The van der Waals surface area contributed by atoms with Gasteiger partial charge in [0.05, 0.1) is 12.6 Å². The van der Waals surface area contributed by atoms with Crippen LogP contribution in [0.5, 0.6) is 0 Å². The lowest BCUT2D eigenvalue weighted by Gasteiger charge is -2.26. The first-order valence-corrected chi connectivity index (χ1v) is 7.15. The Kier molecular flexibility index (Phi) is 8.28. The van der Waals surface area contributed by atoms with Crippen molar-refractivity contribution in [2.75, 3.05) is 6.61 Å². The number of Topliss-reactive ketones (excluding diaryl/α,β-unsaturated/α-hetero) is 2. The molecule has 0 aliphatic heterocycles. The van der Waals surface area contributed by atoms with Crippen molar-refractivity contribution >= 4 is 17.5 Å². The van der Waals surface area contributed by atoms with Crippen LogP contribution in [0, 0.1) is 5.92 Å². The molecule has 9 nitrogen and oxygen atoms in total. The maximum atomic E-state index is 12.2. The van der Waals surface area contributed by atoms with E-state index in [9.17, 15) is 34.8 Å². The molecule has 0 spiro atoms. The van der Waals surface area contributed by atoms with Crippen LogP contribution in [0.4, 0.5) is 0 Å². The first-order valence-electron chi connectivity index (χ1n) is 7.60. The number of aliphatic hydroxyl groups is 5. The Morgan fingerprint density at radius 3 is 1.96 bits per heavy atom. The summed E-state index contributed by atoms with van der Waals surface area (Å²) in [6.07, 6.45) is -8.50. The van der Waals surface area contributed by atoms with Crippen molar-refractivity contribution in [1.82, 2.24) is 5.31 Å². The molecule has 0 aliphatic carbocycles. The van der Waals surface area contributed by atoms with Crippen LogP contribution in [0.2, 0.25) is 1.41 Å². The molecule has 23 heavy (non-hydrogen) atoms. The predicted octanol–water partition coefficient (Wildman–Crippen LogP) is -2.89. The van der Waals surface area contributed by atoms with E-state index in [0.717, 1.165) is 6.92 Å². The van der Waals surface area contributed by atoms with E-state index in [1.807, 2.05) is 0 Å². The van der Waals surface area contributed by atoms with Gasteiger partial charge in [-0.05, 0) is 12.3 Å². The van der Waals surface area contributed by atoms with E-state index < -0.39 is 54.5 Å². The SMILES string of the molecule is [2H]N(C(C)=O)[C@@H](CC(C)C)C(=O)C(=O)[C@H](O)[C@@H](O)[C@H](O)[C@H](O)CO. The second-order valence-electron chi connectivity index (χ2n) is 5.70. The normalized spacial score (nSPS) is 18.6. The summed E-state index contributed by atoms with van der Waals surface area (Å²) in [6.45, 7) is 3.50. The predicted molar refractivity (Wildman–Crippen MR) is 78.2 cm³/mol. The molecule has 0 bridgehead atoms. The summed E-state index contributed by atoms with van der Waals surface area (Å²) < 4.78 is 7.58. The van der Waals surface area contributed by atoms with Crippen molar-refractivity contribution in [3.63, 3.8) is 0 Å². The third kappa shape index (κ3) is 6.71. The molecule has 0 radical (unpaired) electrons. The second kappa shape index (κ2) is 9.68. The Balaban J connectivity index is 5.27. The van der Waals surface area contributed by atoms with Gasteiger partial charge in [-0.3, -0.25) is 14.4 Å². The van der Waals surface area contributed by atoms with E-state index in [-0.39, 0.29) is 12.3 Å². The summed E-state index contributed by atoms with van der Waals surface area (Å²) in [4.78, 5) is 35.5. The van der Waals surface area contributed by atoms with Gasteiger partial charge in [-0.25, -0.2) is 0 Å². The molecule has 0 rings (SSSR count). The van der Waals surface area contributed by atoms with Crippen LogP contribution in [-0.4, -0.2) is 80.1 Å². The number of hydrogen-bond acceptors (Lipinski definition) is 8. The Morgan fingerprint density at radius 1 is 1.04 bits per heavy atom. The lowest BCUT2D eigenvalue weighted by atomic mass is 9.92. The van der Waals surface area contributed by atoms with Crippen LogP contribution >= 0.6 is 0 Å². The summed E-state index contributed by atoms with van der Waals surface area (Å²) in [5.74, 6) is -3.71. The number of hydrogen-bond donors (Lipinski definition) is 6. The minimum atomic E-state index is -2.37. The van der Waals surface area contributed by atoms with E-state index in [1.54, 1.807) is 13.8 Å². The fraction of sp³-hybridized carbons (Fsp3) is 0.786. The molecular weight excluding hydrogens is 310 g/mol. The van der Waals surface area contributed by atoms with Crippen LogP contribution in [-0.2, 0) is 14.4 Å². The number of nitrogens with one attached hydrogen (secondary N) is 1. The van der Waals surface area contributed by atoms with Crippen LogP contribution in [0.15, 0.2) is 0 Å². The molecule has 134 valence electrons. The molecule has 9 heteroatoms. The molecule has 0 aromatic carbocycles. The van der Waals surface area contributed by atoms with E-state index in [1.165, 1.54) is 0 Å². The third-order valence-electron chi connectivity index (χ3n) is 3.10. The smallest absolute Gasteiger partial charge is 0.231 e. The highest BCUT2D eigenvalue weighted by Crippen LogP contribution is 2.11. The lowest BCUT2D eigenvalue weighted by molar-refractivity contribution is -0.155. The second-order valence-corrected chi connectivity index (χ2v) is 5.70. The number of amides is 1. The Hall–Kier alpha value is -1.39. The third-order valence-corrected chi connectivity index (χ3v) is 3.10. The van der Waals surface area contributed by atoms with E-state index in [4.69, 9.17) is 6.52 Å². The number of carbonyl (C=O) groups excluding carboxylic acids is 3. The van der Waals surface area contributed by atoms with Gasteiger partial charge in [0, 0.05) is 6.92 Å². The zero-order valence-corrected chi connectivity index (χ0v) is 13.3. The highest BCUT2D eigenvalue weighted by atomic mass is 16.4. The quantitative estimate of drug-likeness (QED) is 0.231. The topological polar surface area (TPSA) is 164 Å². The summed E-state index contributed by atoms with van der Waals surface area (Å²) in [7, 11) is 0. The number of rotatable bonds is 10. The summed E-state index contributed by atoms with van der Waals surface area (Å²) in [6, 6.07) is -1.45. The standard InChI is InChI=1S/C14H25NO8/c1-6(2)4-8(15-7(3)17)10(19)12(21)14(23)13(22)11(20)9(18)5-16/h6,8-9,11,13-14,16,18,20,22-23H,4-5H2,1-3H3,(H,15,17)/t8-,9+,11+,13-,14-/m0/s1/i/hD. The van der Waals surface area contributed by atoms with Crippen molar-refractivity contribution in [3.05, 3.63) is 0 Å². The average Bonchev–Trinajstić information content (AvgIpc) is 2.54. The molecule has 1 amide bonds. The Bertz CT molecular complexity index is 458. The minimum absolute atomic E-state index is 0.0156. The molecule has 0 aliphatic rings. The maximum Gasteiger partial charge on any atom is 0.231 e. The molecule has 0 saturated carbocycles. The monoisotopic (exact) mass is 336 g/mol. The summed E-state index contributed by atoms with van der Waals surface area (Å²) >= 11 is 0. The highest BCUT2D eigenvalue weighted by Gasteiger charge is 2.39. The summed E-state index contributed by atoms with van der Waals surface area (Å²) in [5, 5.41) is 47.1. The zero-order chi connectivity index (χ0) is 19.2. The molecule has 0 aromatic rings. The van der Waals surface area contributed by atoms with Gasteiger partial charge < -0.3 is 30.8 Å². The van der Waals surface area contributed by atoms with Gasteiger partial charge in [-0.1, -0.05) is 13.8 Å². The molecule has 0 aromatic heterocycles. The Labute approximate surface area is 135 Å². The van der Waals surface area contributed by atoms with E-state index >= 15 is 0 Å². The molecular formula is C14H25NO8. The Morgan fingerprint density at radius 2 is 1.57 bits per heavy atom. The van der Waals surface area contributed by atoms with Gasteiger partial charge in [0.1, 0.15) is 24.4 Å². The largest absolute Gasteiger partial charge is 0.394 e. The highest BCUT2D eigenvalue weighted by molar-refractivity contribution is 6.41. The van der Waals surface area contributed by atoms with E-state index in [0.29, 0.717) is 5.31 Å². The number of aliphatic hydroxyl groups excluding tert-OH is 5. The fourth-order valence-corrected chi connectivity index (χ4v) is 1.87. The van der Waals surface area contributed by atoms with Crippen LogP contribution < -0.4 is 5.31 Å². The molecule has 0 saturated heterocycles. The maximum absolute atomic E-state index is 12.2. The molecule has 0 unspecified atom stereocenters. The van der Waals surface area contributed by atoms with Crippen molar-refractivity contribution in [3.8, 4) is 0 Å². The van der Waals surface area contributed by atoms with Crippen LogP contribution in [0.25, 0.3) is 0 Å². The molecule has 0 fully saturated rings. The first kappa shape index (κ1) is 19.7. The zero-order valence-electron chi connectivity index (χ0n) is 14.3. The number of carbonyl (C=O) groups is 3. The first-order chi connectivity index (χ1) is 10.9. The molecule has 0 heterocycles. The van der Waals surface area contributed by atoms with Crippen LogP contribution in [0.1, 0.15) is 27.2 Å². The van der Waals surface area contributed by atoms with Crippen molar-refractivity contribution in [2.45, 2.75) is 57.6 Å². The van der Waals surface area contributed by atoms with Crippen molar-refractivity contribution in [2.24, 2.45) is 5.92 Å². The molecule has 5 atom stereocenters. The van der Waals surface area contributed by atoms with Gasteiger partial charge in [-0.15, -0.1) is 0 Å². The van der Waals surface area contributed by atoms with E-state index in [2.05, 4.69) is 0 Å². The number of ketones is 2. The summed E-state index contributed by atoms with van der Waals surface area (Å²) in [5.41, 5.74) is 0. The minimum Gasteiger partial charge on any atom is -0.394 e. The molecule has 6 N–H and O–H groups in total. The van der Waals surface area contributed by atoms with Gasteiger partial charge in [0.2, 0.25) is 17.5 Å². The van der Waals surface area contributed by atoms with Gasteiger partial charge in [0.25, 0.3) is 0 Å². The van der Waals surface area contributed by atoms with Gasteiger partial charge >= 0.3 is 0 Å².